The van der Waals surface area contributed by atoms with Gasteiger partial charge in [-0.15, -0.1) is 0 Å². The number of para-hydroxylation sites is 1. The van der Waals surface area contributed by atoms with Crippen LogP contribution in [0, 0.1) is 0 Å². The van der Waals surface area contributed by atoms with Crippen LogP contribution in [0.5, 0.6) is 0 Å². The van der Waals surface area contributed by atoms with Gasteiger partial charge in [-0.25, -0.2) is 0 Å². The van der Waals surface area contributed by atoms with Gasteiger partial charge in [0.05, 0.1) is 6.10 Å². The fraction of sp³-hybridized carbons (Fsp3) is 0.700. The zero-order chi connectivity index (χ0) is 17.3. The van der Waals surface area contributed by atoms with Crippen molar-refractivity contribution < 1.29 is 4.74 Å². The van der Waals surface area contributed by atoms with E-state index < -0.39 is 0 Å². The number of hydrogen-bond donors (Lipinski definition) is 0. The minimum atomic E-state index is -0.271. The normalized spacial score (nSPS) is 17.8. The van der Waals surface area contributed by atoms with E-state index in [-0.39, 0.29) is 7.92 Å². The van der Waals surface area contributed by atoms with Crippen LogP contribution in [-0.4, -0.2) is 36.6 Å². The van der Waals surface area contributed by atoms with Crippen LogP contribution in [0.1, 0.15) is 54.4 Å². The van der Waals surface area contributed by atoms with Crippen molar-refractivity contribution in [1.29, 1.82) is 0 Å². The number of hydrogen-bond acceptors (Lipinski definition) is 2. The van der Waals surface area contributed by atoms with Crippen molar-refractivity contribution in [2.75, 3.05) is 25.1 Å². The molecule has 1 heterocycles. The third kappa shape index (κ3) is 4.48. The van der Waals surface area contributed by atoms with Crippen LogP contribution in [-0.2, 0) is 4.74 Å². The molecule has 0 atom stereocenters. The van der Waals surface area contributed by atoms with E-state index in [9.17, 15) is 0 Å². The van der Waals surface area contributed by atoms with Gasteiger partial charge in [-0.3, -0.25) is 0 Å². The highest BCUT2D eigenvalue weighted by Crippen LogP contribution is 2.59. The minimum Gasteiger partial charge on any atom is -0.381 e. The summed E-state index contributed by atoms with van der Waals surface area (Å²) in [7, 11) is 1.57. The molecule has 23 heavy (non-hydrogen) atoms. The number of piperidine rings is 1. The quantitative estimate of drug-likeness (QED) is 0.720. The van der Waals surface area contributed by atoms with Crippen LogP contribution < -0.4 is 10.2 Å². The summed E-state index contributed by atoms with van der Waals surface area (Å²) in [5.41, 5.74) is 1.46. The van der Waals surface area contributed by atoms with Crippen LogP contribution in [0.3, 0.4) is 0 Å². The van der Waals surface area contributed by atoms with E-state index in [1.807, 2.05) is 7.11 Å². The smallest absolute Gasteiger partial charge is 0.0605 e. The van der Waals surface area contributed by atoms with Gasteiger partial charge in [-0.05, 0) is 29.2 Å². The lowest BCUT2D eigenvalue weighted by Gasteiger charge is -2.44. The summed E-state index contributed by atoms with van der Waals surface area (Å²) in [6.45, 7) is 16.6. The topological polar surface area (TPSA) is 12.5 Å². The standard InChI is InChI=1S/C20H34NOP/c1-19(2,3)23(20(4,5)6)18-11-9-8-10-17(18)21-14-12-16(22-7)13-15-21/h8-11,16H,12-15H2,1-7H3. The van der Waals surface area contributed by atoms with Crippen molar-refractivity contribution in [3.8, 4) is 0 Å². The molecule has 1 fully saturated rings. The van der Waals surface area contributed by atoms with E-state index >= 15 is 0 Å². The number of ether oxygens (including phenoxy) is 1. The molecule has 0 saturated carbocycles. The molecule has 1 aromatic carbocycles. The lowest BCUT2D eigenvalue weighted by atomic mass is 10.1. The Kier molecular flexibility index (Phi) is 5.80. The molecule has 3 heteroatoms. The minimum absolute atomic E-state index is 0.271. The lowest BCUT2D eigenvalue weighted by Crippen LogP contribution is -2.40. The first kappa shape index (κ1) is 18.7. The van der Waals surface area contributed by atoms with Gasteiger partial charge in [-0.2, -0.15) is 0 Å². The third-order valence-corrected chi connectivity index (χ3v) is 8.12. The second-order valence-electron chi connectivity index (χ2n) is 8.59. The molecule has 0 N–H and O–H groups in total. The molecule has 0 amide bonds. The maximum Gasteiger partial charge on any atom is 0.0605 e. The predicted octanol–water partition coefficient (Wildman–Crippen LogP) is 5.01. The molecular formula is C20H34NOP. The van der Waals surface area contributed by atoms with E-state index in [1.165, 1.54) is 5.69 Å². The van der Waals surface area contributed by atoms with Crippen molar-refractivity contribution in [1.82, 2.24) is 0 Å². The monoisotopic (exact) mass is 335 g/mol. The van der Waals surface area contributed by atoms with E-state index in [4.69, 9.17) is 4.74 Å². The Bertz CT molecular complexity index is 493. The van der Waals surface area contributed by atoms with Crippen LogP contribution in [0.15, 0.2) is 24.3 Å². The Balaban J connectivity index is 2.37. The number of anilines is 1. The molecule has 1 aromatic rings. The maximum absolute atomic E-state index is 5.54. The van der Waals surface area contributed by atoms with Gasteiger partial charge in [0.25, 0.3) is 0 Å². The molecule has 0 aliphatic carbocycles. The fourth-order valence-corrected chi connectivity index (χ4v) is 8.12. The highest BCUT2D eigenvalue weighted by Gasteiger charge is 2.37. The zero-order valence-corrected chi connectivity index (χ0v) is 16.9. The Labute approximate surface area is 144 Å². The Morgan fingerprint density at radius 1 is 0.957 bits per heavy atom. The lowest BCUT2D eigenvalue weighted by molar-refractivity contribution is 0.0819. The molecule has 0 spiro atoms. The van der Waals surface area contributed by atoms with Crippen LogP contribution in [0.4, 0.5) is 5.69 Å². The second kappa shape index (κ2) is 7.11. The Morgan fingerprint density at radius 3 is 1.96 bits per heavy atom. The van der Waals surface area contributed by atoms with E-state index in [0.29, 0.717) is 16.4 Å². The molecule has 0 unspecified atom stereocenters. The SMILES string of the molecule is COC1CCN(c2ccccc2P(C(C)(C)C)C(C)(C)C)CC1. The maximum atomic E-state index is 5.54. The van der Waals surface area contributed by atoms with E-state index in [1.54, 1.807) is 5.30 Å². The Hall–Kier alpha value is -0.590. The highest BCUT2D eigenvalue weighted by atomic mass is 31.1. The molecule has 2 rings (SSSR count). The summed E-state index contributed by atoms with van der Waals surface area (Å²) in [4.78, 5) is 2.58. The average Bonchev–Trinajstić information content (AvgIpc) is 2.45. The fourth-order valence-electron chi connectivity index (χ4n) is 3.98. The summed E-state index contributed by atoms with van der Waals surface area (Å²) in [6, 6.07) is 9.11. The number of benzene rings is 1. The van der Waals surface area contributed by atoms with Gasteiger partial charge in [-0.1, -0.05) is 67.7 Å². The van der Waals surface area contributed by atoms with Crippen molar-refractivity contribution >= 4 is 18.9 Å². The number of nitrogens with zero attached hydrogens (tertiary/aromatic N) is 1. The summed E-state index contributed by atoms with van der Waals surface area (Å²) in [5, 5.41) is 2.17. The number of methoxy groups -OCH3 is 1. The van der Waals surface area contributed by atoms with Gasteiger partial charge in [0, 0.05) is 31.2 Å². The van der Waals surface area contributed by atoms with Crippen molar-refractivity contribution in [3.05, 3.63) is 24.3 Å². The summed E-state index contributed by atoms with van der Waals surface area (Å²) in [5.74, 6) is 0. The predicted molar refractivity (Wildman–Crippen MR) is 105 cm³/mol. The first-order chi connectivity index (χ1) is 10.6. The van der Waals surface area contributed by atoms with Crippen molar-refractivity contribution in [2.24, 2.45) is 0 Å². The van der Waals surface area contributed by atoms with Crippen LogP contribution in [0.25, 0.3) is 0 Å². The molecule has 2 nitrogen and oxygen atoms in total. The summed E-state index contributed by atoms with van der Waals surface area (Å²) in [6.07, 6.45) is 2.70. The van der Waals surface area contributed by atoms with Gasteiger partial charge in [0.15, 0.2) is 0 Å². The third-order valence-electron chi connectivity index (χ3n) is 4.58. The van der Waals surface area contributed by atoms with Gasteiger partial charge >= 0.3 is 0 Å². The molecule has 0 aromatic heterocycles. The summed E-state index contributed by atoms with van der Waals surface area (Å²) >= 11 is 0. The molecule has 130 valence electrons. The van der Waals surface area contributed by atoms with Gasteiger partial charge < -0.3 is 9.64 Å². The van der Waals surface area contributed by atoms with E-state index in [0.717, 1.165) is 25.9 Å². The van der Waals surface area contributed by atoms with Crippen LogP contribution in [0.2, 0.25) is 0 Å². The Morgan fingerprint density at radius 2 is 1.48 bits per heavy atom. The second-order valence-corrected chi connectivity index (χ2v) is 12.4. The molecule has 1 saturated heterocycles. The average molecular weight is 335 g/mol. The first-order valence-corrected chi connectivity index (χ1v) is 10.2. The zero-order valence-electron chi connectivity index (χ0n) is 16.0. The number of rotatable bonds is 3. The van der Waals surface area contributed by atoms with Crippen LogP contribution >= 0.6 is 7.92 Å². The largest absolute Gasteiger partial charge is 0.381 e. The van der Waals surface area contributed by atoms with E-state index in [2.05, 4.69) is 70.7 Å². The van der Waals surface area contributed by atoms with Gasteiger partial charge in [0.1, 0.15) is 0 Å². The van der Waals surface area contributed by atoms with Gasteiger partial charge in [0.2, 0.25) is 0 Å². The molecular weight excluding hydrogens is 301 g/mol. The summed E-state index contributed by atoms with van der Waals surface area (Å²) < 4.78 is 5.54. The first-order valence-electron chi connectivity index (χ1n) is 8.81. The molecule has 1 aliphatic heterocycles. The van der Waals surface area contributed by atoms with Crippen molar-refractivity contribution in [2.45, 2.75) is 70.8 Å². The molecule has 1 aliphatic rings. The molecule has 0 radical (unpaired) electrons. The highest BCUT2D eigenvalue weighted by molar-refractivity contribution is 7.68. The van der Waals surface area contributed by atoms with Crippen molar-refractivity contribution in [3.63, 3.8) is 0 Å². The molecule has 0 bridgehead atoms.